The largest absolute Gasteiger partial charge is 0.411 e. The van der Waals surface area contributed by atoms with Gasteiger partial charge in [-0.2, -0.15) is 0 Å². The Morgan fingerprint density at radius 2 is 1.64 bits per heavy atom. The Hall–Kier alpha value is -1.19. The first-order chi connectivity index (χ1) is 10.0. The third-order valence-electron chi connectivity index (χ3n) is 4.43. The summed E-state index contributed by atoms with van der Waals surface area (Å²) in [7, 11) is -1.77. The number of allylic oxidation sites excluding steroid dienone is 1. The summed E-state index contributed by atoms with van der Waals surface area (Å²) >= 11 is 0. The molecule has 1 rings (SSSR count). The fourth-order valence-corrected chi connectivity index (χ4v) is 3.32. The van der Waals surface area contributed by atoms with Gasteiger partial charge < -0.3 is 4.43 Å². The third-order valence-corrected chi connectivity index (χ3v) is 9.00. The van der Waals surface area contributed by atoms with Gasteiger partial charge in [-0.15, -0.1) is 0 Å². The zero-order valence-corrected chi connectivity index (χ0v) is 16.0. The molecule has 0 heterocycles. The van der Waals surface area contributed by atoms with Crippen molar-refractivity contribution in [1.29, 1.82) is 0 Å². The summed E-state index contributed by atoms with van der Waals surface area (Å²) in [4.78, 5) is 12.3. The number of hydrogen-bond donors (Lipinski definition) is 0. The van der Waals surface area contributed by atoms with Crippen molar-refractivity contribution in [3.63, 3.8) is 0 Å². The van der Waals surface area contributed by atoms with Gasteiger partial charge in [0.15, 0.2) is 14.1 Å². The van der Waals surface area contributed by atoms with Crippen molar-refractivity contribution in [3.05, 3.63) is 48.0 Å². The number of Topliss-reactive ketones (excluding diaryl/α,β-unsaturated/α-hetero) is 1. The number of benzene rings is 1. The lowest BCUT2D eigenvalue weighted by atomic mass is 9.99. The van der Waals surface area contributed by atoms with Crippen molar-refractivity contribution >= 4 is 14.1 Å². The van der Waals surface area contributed by atoms with Crippen LogP contribution in [0, 0.1) is 5.92 Å². The van der Waals surface area contributed by atoms with E-state index in [2.05, 4.69) is 40.8 Å². The zero-order valence-electron chi connectivity index (χ0n) is 15.0. The molecule has 0 spiro atoms. The van der Waals surface area contributed by atoms with Crippen LogP contribution in [-0.2, 0) is 4.43 Å². The second-order valence-electron chi connectivity index (χ2n) is 7.49. The van der Waals surface area contributed by atoms with E-state index in [0.717, 1.165) is 5.56 Å². The monoisotopic (exact) mass is 318 g/mol. The fraction of sp³-hybridized carbons (Fsp3) is 0.526. The molecular formula is C19H30O2Si. The van der Waals surface area contributed by atoms with Crippen LogP contribution in [0.5, 0.6) is 0 Å². The summed E-state index contributed by atoms with van der Waals surface area (Å²) in [6.07, 6.45) is 4.02. The van der Waals surface area contributed by atoms with Gasteiger partial charge in [-0.3, -0.25) is 4.79 Å². The summed E-state index contributed by atoms with van der Waals surface area (Å²) in [6, 6.07) is 9.44. The molecule has 0 aromatic heterocycles. The lowest BCUT2D eigenvalue weighted by Gasteiger charge is -2.37. The van der Waals surface area contributed by atoms with Gasteiger partial charge in [0.2, 0.25) is 0 Å². The van der Waals surface area contributed by atoms with Gasteiger partial charge in [-0.1, -0.05) is 70.2 Å². The predicted molar refractivity (Wildman–Crippen MR) is 96.8 cm³/mol. The summed E-state index contributed by atoms with van der Waals surface area (Å²) < 4.78 is 6.28. The van der Waals surface area contributed by atoms with Gasteiger partial charge in [-0.25, -0.2) is 0 Å². The summed E-state index contributed by atoms with van der Waals surface area (Å²) in [5.41, 5.74) is 0.762. The maximum atomic E-state index is 12.3. The molecule has 0 radical (unpaired) electrons. The van der Waals surface area contributed by atoms with E-state index in [0.29, 0.717) is 0 Å². The molecule has 2 nitrogen and oxygen atoms in total. The number of rotatable bonds is 6. The molecule has 0 saturated carbocycles. The standard InChI is InChI=1S/C19H30O2Si/c1-15(18(20)17-11-9-8-10-12-17)13-14-16(2)21-22(6,7)19(3,4)5/h8-16H,1-7H3/b14-13+/t15-,16+/m0/s1. The highest BCUT2D eigenvalue weighted by molar-refractivity contribution is 6.74. The van der Waals surface area contributed by atoms with Crippen molar-refractivity contribution < 1.29 is 9.22 Å². The minimum absolute atomic E-state index is 0.0342. The van der Waals surface area contributed by atoms with Gasteiger partial charge >= 0.3 is 0 Å². The molecule has 0 aliphatic heterocycles. The average Bonchev–Trinajstić information content (AvgIpc) is 2.43. The normalized spacial score (nSPS) is 15.8. The van der Waals surface area contributed by atoms with Gasteiger partial charge in [-0.05, 0) is 25.1 Å². The first kappa shape index (κ1) is 18.9. The molecule has 0 unspecified atom stereocenters. The number of carbonyl (C=O) groups excluding carboxylic acids is 1. The van der Waals surface area contributed by atoms with E-state index in [9.17, 15) is 4.79 Å². The highest BCUT2D eigenvalue weighted by Gasteiger charge is 2.38. The molecule has 0 N–H and O–H groups in total. The second-order valence-corrected chi connectivity index (χ2v) is 12.2. The van der Waals surface area contributed by atoms with Gasteiger partial charge in [0.05, 0.1) is 6.10 Å². The number of carbonyl (C=O) groups is 1. The molecule has 2 atom stereocenters. The first-order valence-corrected chi connectivity index (χ1v) is 10.9. The molecule has 1 aromatic rings. The van der Waals surface area contributed by atoms with E-state index in [1.165, 1.54) is 0 Å². The fourth-order valence-electron chi connectivity index (χ4n) is 1.96. The Labute approximate surface area is 136 Å². The average molecular weight is 319 g/mol. The van der Waals surface area contributed by atoms with Crippen molar-refractivity contribution in [1.82, 2.24) is 0 Å². The second kappa shape index (κ2) is 7.38. The Morgan fingerprint density at radius 3 is 2.14 bits per heavy atom. The van der Waals surface area contributed by atoms with Crippen LogP contribution in [0.2, 0.25) is 18.1 Å². The topological polar surface area (TPSA) is 26.3 Å². The van der Waals surface area contributed by atoms with E-state index in [-0.39, 0.29) is 22.8 Å². The Balaban J connectivity index is 2.66. The van der Waals surface area contributed by atoms with Crippen LogP contribution < -0.4 is 0 Å². The molecule has 0 aliphatic carbocycles. The van der Waals surface area contributed by atoms with Gasteiger partial charge in [0.1, 0.15) is 0 Å². The van der Waals surface area contributed by atoms with Gasteiger partial charge in [0, 0.05) is 11.5 Å². The van der Waals surface area contributed by atoms with Crippen LogP contribution in [0.1, 0.15) is 45.0 Å². The molecule has 0 amide bonds. The van der Waals surface area contributed by atoms with Crippen molar-refractivity contribution in [2.75, 3.05) is 0 Å². The van der Waals surface area contributed by atoms with E-state index < -0.39 is 8.32 Å². The number of hydrogen-bond acceptors (Lipinski definition) is 2. The molecule has 0 saturated heterocycles. The summed E-state index contributed by atoms with van der Waals surface area (Å²) in [5.74, 6) is 0.0178. The van der Waals surface area contributed by atoms with E-state index >= 15 is 0 Å². The van der Waals surface area contributed by atoms with Crippen molar-refractivity contribution in [3.8, 4) is 0 Å². The molecule has 1 aromatic carbocycles. The number of ketones is 1. The maximum Gasteiger partial charge on any atom is 0.192 e. The molecule has 0 aliphatic rings. The summed E-state index contributed by atoms with van der Waals surface area (Å²) in [5, 5.41) is 0.195. The van der Waals surface area contributed by atoms with Crippen LogP contribution in [0.15, 0.2) is 42.5 Å². The Morgan fingerprint density at radius 1 is 1.09 bits per heavy atom. The molecule has 122 valence electrons. The maximum absolute atomic E-state index is 12.3. The highest BCUT2D eigenvalue weighted by Crippen LogP contribution is 2.37. The summed E-state index contributed by atoms with van der Waals surface area (Å²) in [6.45, 7) is 15.2. The first-order valence-electron chi connectivity index (χ1n) is 8.00. The zero-order chi connectivity index (χ0) is 17.0. The third kappa shape index (κ3) is 5.22. The smallest absolute Gasteiger partial charge is 0.192 e. The Bertz CT molecular complexity index is 512. The lowest BCUT2D eigenvalue weighted by molar-refractivity contribution is 0.0953. The van der Waals surface area contributed by atoms with Crippen molar-refractivity contribution in [2.45, 2.75) is 58.9 Å². The van der Waals surface area contributed by atoms with Crippen molar-refractivity contribution in [2.24, 2.45) is 5.92 Å². The lowest BCUT2D eigenvalue weighted by Crippen LogP contribution is -2.42. The SMILES string of the molecule is C[C@H](/C=C/[C@H](C)C(=O)c1ccccc1)O[Si](C)(C)C(C)(C)C. The quantitative estimate of drug-likeness (QED) is 0.395. The Kier molecular flexibility index (Phi) is 6.33. The van der Waals surface area contributed by atoms with Crippen LogP contribution in [-0.4, -0.2) is 20.2 Å². The molecular weight excluding hydrogens is 288 g/mol. The van der Waals surface area contributed by atoms with E-state index in [1.54, 1.807) is 0 Å². The molecule has 3 heteroatoms. The van der Waals surface area contributed by atoms with Crippen LogP contribution in [0.3, 0.4) is 0 Å². The molecule has 0 fully saturated rings. The minimum Gasteiger partial charge on any atom is -0.411 e. The van der Waals surface area contributed by atoms with Crippen LogP contribution in [0.4, 0.5) is 0 Å². The molecule has 22 heavy (non-hydrogen) atoms. The highest BCUT2D eigenvalue weighted by atomic mass is 28.4. The van der Waals surface area contributed by atoms with E-state index in [1.807, 2.05) is 49.4 Å². The van der Waals surface area contributed by atoms with Gasteiger partial charge in [0.25, 0.3) is 0 Å². The predicted octanol–water partition coefficient (Wildman–Crippen LogP) is 5.47. The van der Waals surface area contributed by atoms with Crippen LogP contribution in [0.25, 0.3) is 0 Å². The minimum atomic E-state index is -1.77. The molecule has 0 bridgehead atoms. The van der Waals surface area contributed by atoms with Crippen LogP contribution >= 0.6 is 0 Å². The van der Waals surface area contributed by atoms with E-state index in [4.69, 9.17) is 4.43 Å².